The van der Waals surface area contributed by atoms with Gasteiger partial charge in [-0.15, -0.1) is 0 Å². The average Bonchev–Trinajstić information content (AvgIpc) is 2.73. The van der Waals surface area contributed by atoms with E-state index in [4.69, 9.17) is 4.74 Å². The molecular formula is C12H20N2O2. The van der Waals surface area contributed by atoms with E-state index < -0.39 is 0 Å². The zero-order valence-electron chi connectivity index (χ0n) is 10.0. The van der Waals surface area contributed by atoms with E-state index in [9.17, 15) is 4.79 Å². The minimum Gasteiger partial charge on any atom is -0.370 e. The van der Waals surface area contributed by atoms with E-state index in [-0.39, 0.29) is 17.9 Å². The molecule has 0 spiro atoms. The van der Waals surface area contributed by atoms with Crippen molar-refractivity contribution in [3.8, 4) is 0 Å². The lowest BCUT2D eigenvalue weighted by atomic mass is 9.95. The van der Waals surface area contributed by atoms with Gasteiger partial charge in [-0.05, 0) is 25.2 Å². The number of hydrogen-bond acceptors (Lipinski definition) is 3. The van der Waals surface area contributed by atoms with Crippen LogP contribution >= 0.6 is 0 Å². The Kier molecular flexibility index (Phi) is 3.59. The molecular weight excluding hydrogens is 204 g/mol. The molecule has 1 saturated heterocycles. The highest BCUT2D eigenvalue weighted by Gasteiger charge is 2.30. The predicted octanol–water partition coefficient (Wildman–Crippen LogP) is 1.36. The SMILES string of the molecule is CC(C)CC1CN=C(C2CCCO2)NC1=O. The Hall–Kier alpha value is -0.900. The van der Waals surface area contributed by atoms with Crippen molar-refractivity contribution in [1.29, 1.82) is 0 Å². The molecule has 0 aromatic rings. The Bertz CT molecular complexity index is 293. The van der Waals surface area contributed by atoms with E-state index in [2.05, 4.69) is 24.2 Å². The van der Waals surface area contributed by atoms with Crippen LogP contribution < -0.4 is 5.32 Å². The standard InChI is InChI=1S/C12H20N2O2/c1-8(2)6-9-7-13-11(14-12(9)15)10-4-3-5-16-10/h8-10H,3-7H2,1-2H3,(H,13,14,15). The summed E-state index contributed by atoms with van der Waals surface area (Å²) < 4.78 is 5.51. The molecule has 2 aliphatic heterocycles. The van der Waals surface area contributed by atoms with Crippen molar-refractivity contribution < 1.29 is 9.53 Å². The fraction of sp³-hybridized carbons (Fsp3) is 0.833. The van der Waals surface area contributed by atoms with E-state index in [0.29, 0.717) is 12.5 Å². The van der Waals surface area contributed by atoms with Gasteiger partial charge in [-0.1, -0.05) is 13.8 Å². The lowest BCUT2D eigenvalue weighted by Gasteiger charge is -2.24. The van der Waals surface area contributed by atoms with Crippen LogP contribution in [0.3, 0.4) is 0 Å². The van der Waals surface area contributed by atoms with Gasteiger partial charge in [-0.2, -0.15) is 0 Å². The van der Waals surface area contributed by atoms with Gasteiger partial charge in [0.1, 0.15) is 11.9 Å². The van der Waals surface area contributed by atoms with Gasteiger partial charge in [0, 0.05) is 6.61 Å². The Morgan fingerprint density at radius 2 is 2.38 bits per heavy atom. The second-order valence-corrected chi connectivity index (χ2v) is 5.04. The summed E-state index contributed by atoms with van der Waals surface area (Å²) in [5, 5.41) is 2.90. The van der Waals surface area contributed by atoms with Gasteiger partial charge >= 0.3 is 0 Å². The quantitative estimate of drug-likeness (QED) is 0.787. The lowest BCUT2D eigenvalue weighted by molar-refractivity contribution is -0.124. The van der Waals surface area contributed by atoms with Crippen LogP contribution in [0.15, 0.2) is 4.99 Å². The van der Waals surface area contributed by atoms with Crippen LogP contribution in [0, 0.1) is 11.8 Å². The molecule has 0 saturated carbocycles. The van der Waals surface area contributed by atoms with Crippen LogP contribution in [0.2, 0.25) is 0 Å². The largest absolute Gasteiger partial charge is 0.370 e. The summed E-state index contributed by atoms with van der Waals surface area (Å²) in [5.41, 5.74) is 0. The van der Waals surface area contributed by atoms with Gasteiger partial charge in [0.2, 0.25) is 5.91 Å². The van der Waals surface area contributed by atoms with Crippen LogP contribution in [0.1, 0.15) is 33.1 Å². The van der Waals surface area contributed by atoms with Crippen LogP contribution in [-0.4, -0.2) is 31.0 Å². The fourth-order valence-corrected chi connectivity index (χ4v) is 2.29. The van der Waals surface area contributed by atoms with Crippen LogP contribution in [0.25, 0.3) is 0 Å². The summed E-state index contributed by atoms with van der Waals surface area (Å²) in [7, 11) is 0. The van der Waals surface area contributed by atoms with Crippen molar-refractivity contribution in [3.63, 3.8) is 0 Å². The molecule has 2 atom stereocenters. The maximum Gasteiger partial charge on any atom is 0.230 e. The smallest absolute Gasteiger partial charge is 0.230 e. The second-order valence-electron chi connectivity index (χ2n) is 5.04. The Balaban J connectivity index is 1.95. The van der Waals surface area contributed by atoms with Gasteiger partial charge in [-0.25, -0.2) is 0 Å². The van der Waals surface area contributed by atoms with Gasteiger partial charge < -0.3 is 10.1 Å². The normalized spacial score (nSPS) is 30.4. The molecule has 2 aliphatic rings. The molecule has 0 bridgehead atoms. The van der Waals surface area contributed by atoms with E-state index in [1.807, 2.05) is 0 Å². The Morgan fingerprint density at radius 3 is 2.94 bits per heavy atom. The molecule has 90 valence electrons. The highest BCUT2D eigenvalue weighted by molar-refractivity contribution is 6.03. The monoisotopic (exact) mass is 224 g/mol. The lowest BCUT2D eigenvalue weighted by Crippen LogP contribution is -2.46. The van der Waals surface area contributed by atoms with E-state index in [1.165, 1.54) is 0 Å². The number of carbonyl (C=O) groups excluding carboxylic acids is 1. The van der Waals surface area contributed by atoms with Crippen molar-refractivity contribution in [2.24, 2.45) is 16.8 Å². The summed E-state index contributed by atoms with van der Waals surface area (Å²) in [6, 6.07) is 0. The van der Waals surface area contributed by atoms with Crippen molar-refractivity contribution in [2.75, 3.05) is 13.2 Å². The Morgan fingerprint density at radius 1 is 1.56 bits per heavy atom. The van der Waals surface area contributed by atoms with E-state index in [1.54, 1.807) is 0 Å². The number of nitrogens with one attached hydrogen (secondary N) is 1. The molecule has 4 heteroatoms. The number of aliphatic imine (C=N–C) groups is 1. The van der Waals surface area contributed by atoms with E-state index in [0.717, 1.165) is 31.7 Å². The third-order valence-corrected chi connectivity index (χ3v) is 3.09. The molecule has 4 nitrogen and oxygen atoms in total. The maximum atomic E-state index is 11.8. The zero-order valence-corrected chi connectivity index (χ0v) is 10.0. The summed E-state index contributed by atoms with van der Waals surface area (Å²) in [4.78, 5) is 16.3. The molecule has 0 radical (unpaired) electrons. The highest BCUT2D eigenvalue weighted by Crippen LogP contribution is 2.19. The molecule has 0 aromatic carbocycles. The molecule has 2 heterocycles. The molecule has 1 N–H and O–H groups in total. The van der Waals surface area contributed by atoms with Crippen LogP contribution in [0.4, 0.5) is 0 Å². The van der Waals surface area contributed by atoms with E-state index >= 15 is 0 Å². The maximum absolute atomic E-state index is 11.8. The third kappa shape index (κ3) is 2.61. The van der Waals surface area contributed by atoms with Gasteiger partial charge in [0.05, 0.1) is 12.5 Å². The highest BCUT2D eigenvalue weighted by atomic mass is 16.5. The molecule has 0 aromatic heterocycles. The molecule has 2 unspecified atom stereocenters. The molecule has 2 rings (SSSR count). The molecule has 1 fully saturated rings. The average molecular weight is 224 g/mol. The van der Waals surface area contributed by atoms with Gasteiger partial charge in [0.15, 0.2) is 0 Å². The van der Waals surface area contributed by atoms with Crippen molar-refractivity contribution in [2.45, 2.75) is 39.2 Å². The summed E-state index contributed by atoms with van der Waals surface area (Å²) in [5.74, 6) is 1.46. The summed E-state index contributed by atoms with van der Waals surface area (Å²) in [6.45, 7) is 5.67. The molecule has 1 amide bonds. The minimum absolute atomic E-state index is 0.0314. The van der Waals surface area contributed by atoms with Crippen LogP contribution in [-0.2, 0) is 9.53 Å². The number of carbonyl (C=O) groups is 1. The minimum atomic E-state index is 0.0314. The summed E-state index contributed by atoms with van der Waals surface area (Å²) in [6.07, 6.45) is 2.99. The van der Waals surface area contributed by atoms with Gasteiger partial charge in [0.25, 0.3) is 0 Å². The topological polar surface area (TPSA) is 50.7 Å². The first-order valence-corrected chi connectivity index (χ1v) is 6.13. The second kappa shape index (κ2) is 4.95. The number of rotatable bonds is 3. The molecule has 0 aliphatic carbocycles. The number of amidine groups is 1. The summed E-state index contributed by atoms with van der Waals surface area (Å²) >= 11 is 0. The number of amides is 1. The van der Waals surface area contributed by atoms with Gasteiger partial charge in [-0.3, -0.25) is 9.79 Å². The number of nitrogens with zero attached hydrogens (tertiary/aromatic N) is 1. The van der Waals surface area contributed by atoms with Crippen molar-refractivity contribution in [3.05, 3.63) is 0 Å². The van der Waals surface area contributed by atoms with Crippen molar-refractivity contribution in [1.82, 2.24) is 5.32 Å². The Labute approximate surface area is 96.5 Å². The zero-order chi connectivity index (χ0) is 11.5. The predicted molar refractivity (Wildman–Crippen MR) is 62.4 cm³/mol. The first-order valence-electron chi connectivity index (χ1n) is 6.13. The first-order chi connectivity index (χ1) is 7.66. The number of hydrogen-bond donors (Lipinski definition) is 1. The fourth-order valence-electron chi connectivity index (χ4n) is 2.29. The third-order valence-electron chi connectivity index (χ3n) is 3.09. The van der Waals surface area contributed by atoms with Crippen LogP contribution in [0.5, 0.6) is 0 Å². The number of ether oxygens (including phenoxy) is 1. The first kappa shape index (κ1) is 11.6. The van der Waals surface area contributed by atoms with Crippen molar-refractivity contribution >= 4 is 11.7 Å². The molecule has 16 heavy (non-hydrogen) atoms.